The van der Waals surface area contributed by atoms with Crippen LogP contribution < -0.4 is 5.32 Å². The highest BCUT2D eigenvalue weighted by atomic mass is 16.2. The molecule has 1 rings (SSSR count). The highest BCUT2D eigenvalue weighted by molar-refractivity contribution is 5.83. The van der Waals surface area contributed by atoms with Crippen LogP contribution in [0.25, 0.3) is 0 Å². The zero-order chi connectivity index (χ0) is 12.1. The van der Waals surface area contributed by atoms with Crippen molar-refractivity contribution in [3.05, 3.63) is 0 Å². The maximum atomic E-state index is 11.9. The lowest BCUT2D eigenvalue weighted by Gasteiger charge is -2.32. The third-order valence-corrected chi connectivity index (χ3v) is 2.88. The largest absolute Gasteiger partial charge is 0.349 e. The fourth-order valence-corrected chi connectivity index (χ4v) is 1.79. The smallest absolute Gasteiger partial charge is 0.239 e. The van der Waals surface area contributed by atoms with Gasteiger partial charge in [-0.1, -0.05) is 6.92 Å². The molecule has 16 heavy (non-hydrogen) atoms. The first-order valence-electron chi connectivity index (χ1n) is 5.78. The monoisotopic (exact) mass is 227 g/mol. The van der Waals surface area contributed by atoms with Gasteiger partial charge in [0.05, 0.1) is 6.04 Å². The molecular formula is C11H21N3O2. The van der Waals surface area contributed by atoms with Crippen LogP contribution in [-0.2, 0) is 9.59 Å². The fraction of sp³-hybridized carbons (Fsp3) is 0.818. The van der Waals surface area contributed by atoms with Gasteiger partial charge in [0.25, 0.3) is 0 Å². The van der Waals surface area contributed by atoms with Crippen LogP contribution in [0.5, 0.6) is 0 Å². The van der Waals surface area contributed by atoms with E-state index >= 15 is 0 Å². The SMILES string of the molecule is CCC1NCCN(CCC(=O)N(C)C)C1=O. The summed E-state index contributed by atoms with van der Waals surface area (Å²) in [5.74, 6) is 0.194. The van der Waals surface area contributed by atoms with Crippen LogP contribution in [0.4, 0.5) is 0 Å². The number of hydrogen-bond acceptors (Lipinski definition) is 3. The van der Waals surface area contributed by atoms with Crippen molar-refractivity contribution >= 4 is 11.8 Å². The number of nitrogens with zero attached hydrogens (tertiary/aromatic N) is 2. The molecule has 0 aromatic heterocycles. The van der Waals surface area contributed by atoms with Gasteiger partial charge < -0.3 is 15.1 Å². The van der Waals surface area contributed by atoms with Crippen molar-refractivity contribution in [1.29, 1.82) is 0 Å². The van der Waals surface area contributed by atoms with Gasteiger partial charge in [0, 0.05) is 40.2 Å². The Labute approximate surface area is 96.8 Å². The van der Waals surface area contributed by atoms with Gasteiger partial charge in [0.15, 0.2) is 0 Å². The lowest BCUT2D eigenvalue weighted by Crippen LogP contribution is -2.55. The molecular weight excluding hydrogens is 206 g/mol. The summed E-state index contributed by atoms with van der Waals surface area (Å²) < 4.78 is 0. The molecule has 0 radical (unpaired) electrons. The summed E-state index contributed by atoms with van der Waals surface area (Å²) in [6, 6.07) is -0.0665. The van der Waals surface area contributed by atoms with Gasteiger partial charge in [-0.15, -0.1) is 0 Å². The summed E-state index contributed by atoms with van der Waals surface area (Å²) in [5.41, 5.74) is 0. The highest BCUT2D eigenvalue weighted by Gasteiger charge is 2.26. The molecule has 1 saturated heterocycles. The first-order chi connectivity index (χ1) is 7.56. The molecule has 0 spiro atoms. The summed E-state index contributed by atoms with van der Waals surface area (Å²) in [4.78, 5) is 26.6. The van der Waals surface area contributed by atoms with E-state index in [1.807, 2.05) is 6.92 Å². The number of nitrogens with one attached hydrogen (secondary N) is 1. The normalized spacial score (nSPS) is 21.1. The van der Waals surface area contributed by atoms with Crippen molar-refractivity contribution in [3.63, 3.8) is 0 Å². The second kappa shape index (κ2) is 5.84. The lowest BCUT2D eigenvalue weighted by atomic mass is 10.1. The van der Waals surface area contributed by atoms with Crippen LogP contribution in [0.15, 0.2) is 0 Å². The zero-order valence-electron chi connectivity index (χ0n) is 10.3. The Hall–Kier alpha value is -1.10. The van der Waals surface area contributed by atoms with Gasteiger partial charge in [-0.25, -0.2) is 0 Å². The van der Waals surface area contributed by atoms with Crippen molar-refractivity contribution in [2.75, 3.05) is 33.7 Å². The molecule has 1 N–H and O–H groups in total. The quantitative estimate of drug-likeness (QED) is 0.716. The number of carbonyl (C=O) groups excluding carboxylic acids is 2. The molecule has 92 valence electrons. The Morgan fingerprint density at radius 1 is 1.56 bits per heavy atom. The average Bonchev–Trinajstić information content (AvgIpc) is 2.27. The molecule has 5 heteroatoms. The molecule has 1 unspecified atom stereocenters. The molecule has 0 aromatic rings. The Morgan fingerprint density at radius 2 is 2.25 bits per heavy atom. The average molecular weight is 227 g/mol. The summed E-state index contributed by atoms with van der Waals surface area (Å²) in [7, 11) is 3.47. The fourth-order valence-electron chi connectivity index (χ4n) is 1.79. The van der Waals surface area contributed by atoms with Crippen LogP contribution in [0.1, 0.15) is 19.8 Å². The van der Waals surface area contributed by atoms with Crippen molar-refractivity contribution < 1.29 is 9.59 Å². The van der Waals surface area contributed by atoms with E-state index in [4.69, 9.17) is 0 Å². The Bertz CT molecular complexity index is 266. The number of rotatable bonds is 4. The Morgan fingerprint density at radius 3 is 2.81 bits per heavy atom. The van der Waals surface area contributed by atoms with E-state index in [0.29, 0.717) is 19.5 Å². The molecule has 0 aliphatic carbocycles. The minimum absolute atomic E-state index is 0.0665. The van der Waals surface area contributed by atoms with Crippen LogP contribution in [0, 0.1) is 0 Å². The van der Waals surface area contributed by atoms with Crippen molar-refractivity contribution in [1.82, 2.24) is 15.1 Å². The van der Waals surface area contributed by atoms with Gasteiger partial charge in [0.1, 0.15) is 0 Å². The van der Waals surface area contributed by atoms with E-state index in [2.05, 4.69) is 5.32 Å². The van der Waals surface area contributed by atoms with Crippen LogP contribution in [-0.4, -0.2) is 61.4 Å². The summed E-state index contributed by atoms with van der Waals surface area (Å²) in [5, 5.41) is 3.17. The molecule has 1 aliphatic rings. The second-order valence-corrected chi connectivity index (χ2v) is 4.28. The first-order valence-corrected chi connectivity index (χ1v) is 5.78. The summed E-state index contributed by atoms with van der Waals surface area (Å²) in [6.45, 7) is 4.05. The molecule has 5 nitrogen and oxygen atoms in total. The molecule has 0 aromatic carbocycles. The van der Waals surface area contributed by atoms with E-state index in [1.54, 1.807) is 23.9 Å². The third-order valence-electron chi connectivity index (χ3n) is 2.88. The molecule has 1 fully saturated rings. The van der Waals surface area contributed by atoms with E-state index in [1.165, 1.54) is 0 Å². The van der Waals surface area contributed by atoms with Gasteiger partial charge in [-0.05, 0) is 6.42 Å². The second-order valence-electron chi connectivity index (χ2n) is 4.28. The topological polar surface area (TPSA) is 52.7 Å². The van der Waals surface area contributed by atoms with Gasteiger partial charge in [0.2, 0.25) is 11.8 Å². The predicted octanol–water partition coefficient (Wildman–Crippen LogP) is -0.325. The van der Waals surface area contributed by atoms with Crippen LogP contribution in [0.3, 0.4) is 0 Å². The van der Waals surface area contributed by atoms with Crippen molar-refractivity contribution in [2.24, 2.45) is 0 Å². The van der Waals surface area contributed by atoms with E-state index in [0.717, 1.165) is 13.0 Å². The summed E-state index contributed by atoms with van der Waals surface area (Å²) >= 11 is 0. The van der Waals surface area contributed by atoms with E-state index < -0.39 is 0 Å². The zero-order valence-corrected chi connectivity index (χ0v) is 10.3. The van der Waals surface area contributed by atoms with Crippen molar-refractivity contribution in [2.45, 2.75) is 25.8 Å². The van der Waals surface area contributed by atoms with E-state index in [9.17, 15) is 9.59 Å². The van der Waals surface area contributed by atoms with Gasteiger partial charge in [-0.2, -0.15) is 0 Å². The van der Waals surface area contributed by atoms with E-state index in [-0.39, 0.29) is 17.9 Å². The standard InChI is InChI=1S/C11H21N3O2/c1-4-9-11(16)14(8-6-12-9)7-5-10(15)13(2)3/h9,12H,4-8H2,1-3H3. The molecule has 0 bridgehead atoms. The number of hydrogen-bond donors (Lipinski definition) is 1. The first kappa shape index (κ1) is 13.0. The maximum absolute atomic E-state index is 11.9. The Balaban J connectivity index is 2.42. The summed E-state index contributed by atoms with van der Waals surface area (Å²) in [6.07, 6.45) is 1.21. The van der Waals surface area contributed by atoms with Crippen molar-refractivity contribution in [3.8, 4) is 0 Å². The van der Waals surface area contributed by atoms with Crippen LogP contribution in [0.2, 0.25) is 0 Å². The number of amides is 2. The molecule has 0 saturated carbocycles. The molecule has 1 heterocycles. The third kappa shape index (κ3) is 3.20. The number of piperazine rings is 1. The number of carbonyl (C=O) groups is 2. The maximum Gasteiger partial charge on any atom is 0.239 e. The van der Waals surface area contributed by atoms with Gasteiger partial charge in [-0.3, -0.25) is 9.59 Å². The minimum atomic E-state index is -0.0665. The predicted molar refractivity (Wildman–Crippen MR) is 62.0 cm³/mol. The van der Waals surface area contributed by atoms with Crippen LogP contribution >= 0.6 is 0 Å². The lowest BCUT2D eigenvalue weighted by molar-refractivity contribution is -0.137. The molecule has 1 aliphatic heterocycles. The Kier molecular flexibility index (Phi) is 4.73. The molecule has 2 amide bonds. The highest BCUT2D eigenvalue weighted by Crippen LogP contribution is 2.05. The minimum Gasteiger partial charge on any atom is -0.349 e. The molecule has 1 atom stereocenters. The van der Waals surface area contributed by atoms with Gasteiger partial charge >= 0.3 is 0 Å².